The molecule has 2 nitrogen and oxygen atoms in total. The lowest BCUT2D eigenvalue weighted by atomic mass is 10.1. The van der Waals surface area contributed by atoms with E-state index in [0.29, 0.717) is 11.6 Å². The standard InChI is InChI=1S/C8H6ClNO.ClH/c9-6-3-1-2-5-4-11-8(10)7(5)6;/h1-3,10H,4H2;1H. The van der Waals surface area contributed by atoms with Crippen LogP contribution in [0, 0.1) is 5.41 Å². The average molecular weight is 204 g/mol. The predicted octanol–water partition coefficient (Wildman–Crippen LogP) is 2.62. The molecule has 0 unspecified atom stereocenters. The van der Waals surface area contributed by atoms with Gasteiger partial charge in [0.15, 0.2) is 0 Å². The Labute approximate surface area is 81.4 Å². The zero-order valence-electron chi connectivity index (χ0n) is 6.13. The fourth-order valence-corrected chi connectivity index (χ4v) is 1.45. The summed E-state index contributed by atoms with van der Waals surface area (Å²) in [6.45, 7) is 0.481. The van der Waals surface area contributed by atoms with Gasteiger partial charge in [-0.15, -0.1) is 12.4 Å². The van der Waals surface area contributed by atoms with E-state index >= 15 is 0 Å². The SMILES string of the molecule is Cl.N=C1OCc2cccc(Cl)c21. The molecule has 2 rings (SSSR count). The fraction of sp³-hybridized carbons (Fsp3) is 0.125. The van der Waals surface area contributed by atoms with Crippen LogP contribution < -0.4 is 0 Å². The zero-order chi connectivity index (χ0) is 7.84. The van der Waals surface area contributed by atoms with Crippen molar-refractivity contribution in [1.82, 2.24) is 0 Å². The number of hydrogen-bond acceptors (Lipinski definition) is 2. The van der Waals surface area contributed by atoms with Crippen LogP contribution >= 0.6 is 24.0 Å². The maximum Gasteiger partial charge on any atom is 0.215 e. The second-order valence-electron chi connectivity index (χ2n) is 2.39. The van der Waals surface area contributed by atoms with Crippen molar-refractivity contribution < 1.29 is 4.74 Å². The highest BCUT2D eigenvalue weighted by Gasteiger charge is 2.19. The summed E-state index contributed by atoms with van der Waals surface area (Å²) < 4.78 is 5.00. The predicted molar refractivity (Wildman–Crippen MR) is 50.3 cm³/mol. The first-order chi connectivity index (χ1) is 5.29. The molecular formula is C8H7Cl2NO. The molecule has 4 heteroatoms. The molecule has 0 amide bonds. The lowest BCUT2D eigenvalue weighted by molar-refractivity contribution is 0.310. The van der Waals surface area contributed by atoms with Crippen LogP contribution in [-0.4, -0.2) is 5.90 Å². The van der Waals surface area contributed by atoms with Gasteiger partial charge in [0.2, 0.25) is 5.90 Å². The summed E-state index contributed by atoms with van der Waals surface area (Å²) in [5.74, 6) is 0.186. The first-order valence-corrected chi connectivity index (χ1v) is 3.66. The van der Waals surface area contributed by atoms with Gasteiger partial charge in [-0.2, -0.15) is 0 Å². The maximum absolute atomic E-state index is 7.36. The number of benzene rings is 1. The van der Waals surface area contributed by atoms with Crippen LogP contribution in [0.1, 0.15) is 11.1 Å². The average Bonchev–Trinajstić information content (AvgIpc) is 2.34. The van der Waals surface area contributed by atoms with Gasteiger partial charge in [0.1, 0.15) is 6.61 Å². The molecule has 0 fully saturated rings. The van der Waals surface area contributed by atoms with Gasteiger partial charge >= 0.3 is 0 Å². The molecule has 0 atom stereocenters. The van der Waals surface area contributed by atoms with E-state index in [1.54, 1.807) is 6.07 Å². The third-order valence-electron chi connectivity index (χ3n) is 1.70. The molecule has 12 heavy (non-hydrogen) atoms. The number of rotatable bonds is 0. The summed E-state index contributed by atoms with van der Waals surface area (Å²) in [5.41, 5.74) is 1.75. The van der Waals surface area contributed by atoms with Crippen molar-refractivity contribution in [2.75, 3.05) is 0 Å². The maximum atomic E-state index is 7.36. The van der Waals surface area contributed by atoms with Crippen LogP contribution in [0.2, 0.25) is 5.02 Å². The molecule has 0 saturated carbocycles. The third-order valence-corrected chi connectivity index (χ3v) is 2.01. The van der Waals surface area contributed by atoms with Crippen molar-refractivity contribution in [3.63, 3.8) is 0 Å². The number of halogens is 2. The van der Waals surface area contributed by atoms with Gasteiger partial charge < -0.3 is 4.74 Å². The summed E-state index contributed by atoms with van der Waals surface area (Å²) in [5, 5.41) is 7.97. The highest BCUT2D eigenvalue weighted by Crippen LogP contribution is 2.26. The molecule has 0 saturated heterocycles. The van der Waals surface area contributed by atoms with Crippen LogP contribution in [0.5, 0.6) is 0 Å². The van der Waals surface area contributed by atoms with Crippen molar-refractivity contribution >= 4 is 29.9 Å². The van der Waals surface area contributed by atoms with Crippen LogP contribution in [0.25, 0.3) is 0 Å². The minimum absolute atomic E-state index is 0. The van der Waals surface area contributed by atoms with Gasteiger partial charge in [-0.1, -0.05) is 23.7 Å². The van der Waals surface area contributed by atoms with Gasteiger partial charge in [0.25, 0.3) is 0 Å². The summed E-state index contributed by atoms with van der Waals surface area (Å²) in [6.07, 6.45) is 0. The number of ether oxygens (including phenoxy) is 1. The molecular weight excluding hydrogens is 197 g/mol. The monoisotopic (exact) mass is 203 g/mol. The van der Waals surface area contributed by atoms with Crippen LogP contribution in [0.3, 0.4) is 0 Å². The Morgan fingerprint density at radius 3 is 2.83 bits per heavy atom. The van der Waals surface area contributed by atoms with Gasteiger partial charge in [-0.05, 0) is 6.07 Å². The van der Waals surface area contributed by atoms with E-state index in [9.17, 15) is 0 Å². The molecule has 0 radical (unpaired) electrons. The second kappa shape index (κ2) is 3.33. The van der Waals surface area contributed by atoms with Gasteiger partial charge in [-0.3, -0.25) is 5.41 Å². The topological polar surface area (TPSA) is 33.1 Å². The molecule has 0 aliphatic carbocycles. The van der Waals surface area contributed by atoms with Crippen LogP contribution in [0.4, 0.5) is 0 Å². The Morgan fingerprint density at radius 2 is 2.17 bits per heavy atom. The summed E-state index contributed by atoms with van der Waals surface area (Å²) in [7, 11) is 0. The van der Waals surface area contributed by atoms with Crippen molar-refractivity contribution in [2.24, 2.45) is 0 Å². The van der Waals surface area contributed by atoms with E-state index in [1.807, 2.05) is 12.1 Å². The Balaban J connectivity index is 0.000000720. The molecule has 1 aromatic rings. The molecule has 1 heterocycles. The zero-order valence-corrected chi connectivity index (χ0v) is 7.71. The molecule has 64 valence electrons. The molecule has 1 N–H and O–H groups in total. The van der Waals surface area contributed by atoms with Crippen molar-refractivity contribution in [3.05, 3.63) is 34.3 Å². The summed E-state index contributed by atoms with van der Waals surface area (Å²) in [6, 6.07) is 5.55. The number of nitrogens with one attached hydrogen (secondary N) is 1. The number of fused-ring (bicyclic) bond motifs is 1. The first-order valence-electron chi connectivity index (χ1n) is 3.28. The fourth-order valence-electron chi connectivity index (χ4n) is 1.17. The molecule has 1 aliphatic heterocycles. The minimum Gasteiger partial charge on any atom is -0.473 e. The second-order valence-corrected chi connectivity index (χ2v) is 2.80. The molecule has 0 spiro atoms. The third kappa shape index (κ3) is 1.28. The summed E-state index contributed by atoms with van der Waals surface area (Å²) in [4.78, 5) is 0. The lowest BCUT2D eigenvalue weighted by Crippen LogP contribution is -1.94. The minimum atomic E-state index is 0. The van der Waals surface area contributed by atoms with E-state index in [1.165, 1.54) is 0 Å². The number of hydrogen-bond donors (Lipinski definition) is 1. The van der Waals surface area contributed by atoms with Gasteiger partial charge in [0.05, 0.1) is 10.6 Å². The van der Waals surface area contributed by atoms with Crippen molar-refractivity contribution in [3.8, 4) is 0 Å². The normalized spacial score (nSPS) is 13.2. The summed E-state index contributed by atoms with van der Waals surface area (Å²) >= 11 is 5.84. The molecule has 0 bridgehead atoms. The smallest absolute Gasteiger partial charge is 0.215 e. The van der Waals surface area contributed by atoms with E-state index in [-0.39, 0.29) is 18.3 Å². The van der Waals surface area contributed by atoms with E-state index in [2.05, 4.69) is 0 Å². The van der Waals surface area contributed by atoms with Crippen LogP contribution in [-0.2, 0) is 11.3 Å². The Hall–Kier alpha value is -0.730. The molecule has 0 aromatic heterocycles. The largest absolute Gasteiger partial charge is 0.473 e. The van der Waals surface area contributed by atoms with Gasteiger partial charge in [-0.25, -0.2) is 0 Å². The van der Waals surface area contributed by atoms with E-state index < -0.39 is 0 Å². The van der Waals surface area contributed by atoms with E-state index in [4.69, 9.17) is 21.7 Å². The van der Waals surface area contributed by atoms with Gasteiger partial charge in [0, 0.05) is 5.56 Å². The van der Waals surface area contributed by atoms with Crippen LogP contribution in [0.15, 0.2) is 18.2 Å². The molecule has 1 aromatic carbocycles. The highest BCUT2D eigenvalue weighted by atomic mass is 35.5. The Bertz CT molecular complexity index is 325. The Morgan fingerprint density at radius 1 is 1.42 bits per heavy atom. The Kier molecular flexibility index (Phi) is 2.60. The van der Waals surface area contributed by atoms with E-state index in [0.717, 1.165) is 11.1 Å². The lowest BCUT2D eigenvalue weighted by Gasteiger charge is -1.96. The first kappa shape index (κ1) is 9.36. The molecule has 1 aliphatic rings. The van der Waals surface area contributed by atoms with Crippen molar-refractivity contribution in [1.29, 1.82) is 5.41 Å². The quantitative estimate of drug-likeness (QED) is 0.692. The highest BCUT2D eigenvalue weighted by molar-refractivity contribution is 6.34. The van der Waals surface area contributed by atoms with Crippen molar-refractivity contribution in [2.45, 2.75) is 6.61 Å².